The molecule has 1 aliphatic carbocycles. The summed E-state index contributed by atoms with van der Waals surface area (Å²) in [5, 5.41) is 13.6. The first-order chi connectivity index (χ1) is 10.4. The molecule has 1 heterocycles. The van der Waals surface area contributed by atoms with Crippen LogP contribution in [0.15, 0.2) is 65.4 Å². The van der Waals surface area contributed by atoms with Gasteiger partial charge in [-0.15, -0.1) is 0 Å². The summed E-state index contributed by atoms with van der Waals surface area (Å²) < 4.78 is 5.84. The average Bonchev–Trinajstić information content (AvgIpc) is 3.17. The fourth-order valence-corrected chi connectivity index (χ4v) is 2.34. The Morgan fingerprint density at radius 3 is 2.19 bits per heavy atom. The predicted octanol–water partition coefficient (Wildman–Crippen LogP) is 4.74. The minimum atomic E-state index is 0.473. The quantitative estimate of drug-likeness (QED) is 0.741. The van der Waals surface area contributed by atoms with Crippen LogP contribution in [0.4, 0.5) is 0 Å². The molecule has 1 saturated carbocycles. The fraction of sp³-hybridized carbons (Fsp3) is 0.222. The van der Waals surface area contributed by atoms with E-state index in [1.54, 1.807) is 11.3 Å². The third-order valence-corrected chi connectivity index (χ3v) is 3.62. The molecule has 4 rings (SSSR count). The number of hydrogen-bond acceptors (Lipinski definition) is 3. The number of fused-ring (bicyclic) bond motifs is 1. The summed E-state index contributed by atoms with van der Waals surface area (Å²) in [6.45, 7) is 0. The standard InChI is InChI=1S/C13H12O.C4H4S.CH4O/c1-2-6-12-10(4-1)5-3-7-13(12)14-11-8-9-11;1-2-4-5-3-1;1-2/h1-7,11H,8-9H2;1-4H;2H,1H3. The summed E-state index contributed by atoms with van der Waals surface area (Å²) >= 11 is 1.71. The van der Waals surface area contributed by atoms with Crippen LogP contribution in [0, 0.1) is 0 Å². The van der Waals surface area contributed by atoms with Gasteiger partial charge in [-0.1, -0.05) is 48.5 Å². The van der Waals surface area contributed by atoms with Crippen molar-refractivity contribution < 1.29 is 9.84 Å². The molecule has 3 aromatic rings. The Morgan fingerprint density at radius 2 is 1.57 bits per heavy atom. The number of hydrogen-bond donors (Lipinski definition) is 1. The summed E-state index contributed by atoms with van der Waals surface area (Å²) in [6.07, 6.45) is 2.90. The molecule has 1 fully saturated rings. The summed E-state index contributed by atoms with van der Waals surface area (Å²) in [5.41, 5.74) is 0. The van der Waals surface area contributed by atoms with Crippen molar-refractivity contribution in [2.24, 2.45) is 0 Å². The molecule has 0 unspecified atom stereocenters. The van der Waals surface area contributed by atoms with Crippen LogP contribution in [0.2, 0.25) is 0 Å². The largest absolute Gasteiger partial charge is 0.490 e. The molecule has 1 N–H and O–H groups in total. The highest BCUT2D eigenvalue weighted by molar-refractivity contribution is 7.07. The SMILES string of the molecule is CO.c1ccc2c(OC3CC3)cccc2c1.c1ccsc1. The first-order valence-corrected chi connectivity index (χ1v) is 7.94. The molecule has 3 heteroatoms. The summed E-state index contributed by atoms with van der Waals surface area (Å²) in [7, 11) is 1.00. The topological polar surface area (TPSA) is 29.5 Å². The predicted molar refractivity (Wildman–Crippen MR) is 90.1 cm³/mol. The van der Waals surface area contributed by atoms with Crippen LogP contribution in [0.5, 0.6) is 5.75 Å². The Bertz CT molecular complexity index is 608. The van der Waals surface area contributed by atoms with Gasteiger partial charge in [0.1, 0.15) is 5.75 Å². The molecule has 21 heavy (non-hydrogen) atoms. The zero-order valence-electron chi connectivity index (χ0n) is 12.1. The van der Waals surface area contributed by atoms with Crippen LogP contribution in [0.1, 0.15) is 12.8 Å². The lowest BCUT2D eigenvalue weighted by molar-refractivity contribution is 0.307. The minimum absolute atomic E-state index is 0.473. The molecular weight excluding hydrogens is 280 g/mol. The third-order valence-electron chi connectivity index (χ3n) is 2.99. The van der Waals surface area contributed by atoms with Gasteiger partial charge in [0, 0.05) is 12.5 Å². The van der Waals surface area contributed by atoms with Crippen molar-refractivity contribution in [2.45, 2.75) is 18.9 Å². The van der Waals surface area contributed by atoms with Crippen molar-refractivity contribution in [3.8, 4) is 5.75 Å². The number of rotatable bonds is 2. The van der Waals surface area contributed by atoms with E-state index in [-0.39, 0.29) is 0 Å². The van der Waals surface area contributed by atoms with E-state index in [1.807, 2.05) is 22.9 Å². The molecule has 110 valence electrons. The summed E-state index contributed by atoms with van der Waals surface area (Å²) in [6, 6.07) is 18.6. The highest BCUT2D eigenvalue weighted by Gasteiger charge is 2.23. The zero-order chi connectivity index (χ0) is 14.9. The molecule has 2 nitrogen and oxygen atoms in total. The molecule has 0 radical (unpaired) electrons. The molecule has 0 amide bonds. The second-order valence-corrected chi connectivity index (χ2v) is 5.40. The Morgan fingerprint density at radius 1 is 0.905 bits per heavy atom. The van der Waals surface area contributed by atoms with E-state index in [0.29, 0.717) is 6.10 Å². The van der Waals surface area contributed by atoms with E-state index < -0.39 is 0 Å². The molecule has 0 bridgehead atoms. The zero-order valence-corrected chi connectivity index (χ0v) is 12.9. The van der Waals surface area contributed by atoms with Crippen LogP contribution in [-0.4, -0.2) is 18.3 Å². The van der Waals surface area contributed by atoms with Crippen LogP contribution in [0.25, 0.3) is 10.8 Å². The van der Waals surface area contributed by atoms with Crippen molar-refractivity contribution in [3.63, 3.8) is 0 Å². The normalized spacial score (nSPS) is 12.7. The molecule has 2 aromatic carbocycles. The maximum absolute atomic E-state index is 7.00. The molecule has 0 aliphatic heterocycles. The van der Waals surface area contributed by atoms with Crippen LogP contribution >= 0.6 is 11.3 Å². The van der Waals surface area contributed by atoms with E-state index in [9.17, 15) is 0 Å². The van der Waals surface area contributed by atoms with Gasteiger partial charge in [0.05, 0.1) is 6.10 Å². The first-order valence-electron chi connectivity index (χ1n) is 7.00. The summed E-state index contributed by atoms with van der Waals surface area (Å²) in [4.78, 5) is 0. The van der Waals surface area contributed by atoms with Gasteiger partial charge >= 0.3 is 0 Å². The van der Waals surface area contributed by atoms with Crippen LogP contribution in [-0.2, 0) is 0 Å². The second kappa shape index (κ2) is 8.45. The van der Waals surface area contributed by atoms with Gasteiger partial charge in [-0.3, -0.25) is 0 Å². The van der Waals surface area contributed by atoms with Crippen molar-refractivity contribution in [1.82, 2.24) is 0 Å². The van der Waals surface area contributed by atoms with Gasteiger partial charge < -0.3 is 9.84 Å². The minimum Gasteiger partial charge on any atom is -0.490 e. The molecular formula is C18H20O2S. The maximum Gasteiger partial charge on any atom is 0.127 e. The van der Waals surface area contributed by atoms with Crippen molar-refractivity contribution in [3.05, 3.63) is 65.4 Å². The van der Waals surface area contributed by atoms with Gasteiger partial charge in [0.25, 0.3) is 0 Å². The Hall–Kier alpha value is -1.84. The van der Waals surface area contributed by atoms with Gasteiger partial charge in [-0.05, 0) is 35.1 Å². The van der Waals surface area contributed by atoms with Crippen LogP contribution < -0.4 is 4.74 Å². The maximum atomic E-state index is 7.00. The van der Waals surface area contributed by atoms with E-state index in [0.717, 1.165) is 12.9 Å². The lowest BCUT2D eigenvalue weighted by atomic mass is 10.1. The average molecular weight is 300 g/mol. The highest BCUT2D eigenvalue weighted by Crippen LogP contribution is 2.31. The Labute approximate surface area is 129 Å². The van der Waals surface area contributed by atoms with Gasteiger partial charge in [0.2, 0.25) is 0 Å². The van der Waals surface area contributed by atoms with Crippen molar-refractivity contribution in [2.75, 3.05) is 7.11 Å². The lowest BCUT2D eigenvalue weighted by Crippen LogP contribution is -1.95. The molecule has 0 saturated heterocycles. The lowest BCUT2D eigenvalue weighted by Gasteiger charge is -2.07. The van der Waals surface area contributed by atoms with E-state index in [4.69, 9.17) is 9.84 Å². The molecule has 0 atom stereocenters. The molecule has 1 aliphatic rings. The molecule has 1 aromatic heterocycles. The Kier molecular flexibility index (Phi) is 6.25. The number of ether oxygens (including phenoxy) is 1. The van der Waals surface area contributed by atoms with E-state index >= 15 is 0 Å². The van der Waals surface area contributed by atoms with Gasteiger partial charge in [-0.2, -0.15) is 11.3 Å². The van der Waals surface area contributed by atoms with Crippen molar-refractivity contribution >= 4 is 22.1 Å². The highest BCUT2D eigenvalue weighted by atomic mass is 32.1. The number of benzene rings is 2. The number of aliphatic hydroxyl groups excluding tert-OH is 1. The second-order valence-electron chi connectivity index (χ2n) is 4.59. The smallest absolute Gasteiger partial charge is 0.127 e. The van der Waals surface area contributed by atoms with Gasteiger partial charge in [-0.25, -0.2) is 0 Å². The third kappa shape index (κ3) is 4.88. The van der Waals surface area contributed by atoms with E-state index in [1.165, 1.54) is 23.6 Å². The Balaban J connectivity index is 0.000000194. The van der Waals surface area contributed by atoms with Gasteiger partial charge in [0.15, 0.2) is 0 Å². The molecule has 0 spiro atoms. The first kappa shape index (κ1) is 15.5. The fourth-order valence-electron chi connectivity index (χ4n) is 1.89. The monoisotopic (exact) mass is 300 g/mol. The van der Waals surface area contributed by atoms with Crippen LogP contribution in [0.3, 0.4) is 0 Å². The van der Waals surface area contributed by atoms with E-state index in [2.05, 4.69) is 42.5 Å². The summed E-state index contributed by atoms with van der Waals surface area (Å²) in [5.74, 6) is 1.03. The number of aliphatic hydroxyl groups is 1. The van der Waals surface area contributed by atoms with Crippen molar-refractivity contribution in [1.29, 1.82) is 0 Å². The number of thiophene rings is 1.